The van der Waals surface area contributed by atoms with Crippen molar-refractivity contribution in [3.63, 3.8) is 0 Å². The molecule has 0 amide bonds. The summed E-state index contributed by atoms with van der Waals surface area (Å²) < 4.78 is 66.0. The van der Waals surface area contributed by atoms with Crippen LogP contribution in [0.5, 0.6) is 0 Å². The highest BCUT2D eigenvalue weighted by atomic mass is 19.2. The normalized spacial score (nSPS) is 14.9. The van der Waals surface area contributed by atoms with Crippen molar-refractivity contribution >= 4 is 11.8 Å². The predicted octanol–water partition coefficient (Wildman–Crippen LogP) is 2.29. The van der Waals surface area contributed by atoms with Gasteiger partial charge in [0.05, 0.1) is 0 Å². The largest absolute Gasteiger partial charge is 0.477 e. The van der Waals surface area contributed by atoms with Crippen molar-refractivity contribution in [2.75, 3.05) is 0 Å². The molecule has 0 unspecified atom stereocenters. The summed E-state index contributed by atoms with van der Waals surface area (Å²) in [5.74, 6) is -15.5. The van der Waals surface area contributed by atoms with Crippen LogP contribution in [0, 0.1) is 29.1 Å². The lowest BCUT2D eigenvalue weighted by Crippen LogP contribution is -2.21. The van der Waals surface area contributed by atoms with Gasteiger partial charge in [0.15, 0.2) is 23.3 Å². The van der Waals surface area contributed by atoms with Crippen molar-refractivity contribution in [1.82, 2.24) is 5.32 Å². The number of rotatable bonds is 5. The van der Waals surface area contributed by atoms with E-state index >= 15 is 0 Å². The molecule has 1 aliphatic carbocycles. The van der Waals surface area contributed by atoms with Crippen molar-refractivity contribution in [3.8, 4) is 0 Å². The van der Waals surface area contributed by atoms with E-state index in [1.54, 1.807) is 0 Å². The first-order valence-corrected chi connectivity index (χ1v) is 6.01. The highest BCUT2D eigenvalue weighted by Gasteiger charge is 2.33. The van der Waals surface area contributed by atoms with Crippen LogP contribution in [0.1, 0.15) is 23.2 Å². The zero-order valence-corrected chi connectivity index (χ0v) is 10.7. The Hall–Kier alpha value is -2.45. The zero-order valence-electron chi connectivity index (χ0n) is 10.7. The Labute approximate surface area is 120 Å². The van der Waals surface area contributed by atoms with Gasteiger partial charge in [-0.15, -0.1) is 0 Å². The van der Waals surface area contributed by atoms with E-state index in [-0.39, 0.29) is 6.04 Å². The first kappa shape index (κ1) is 15.9. The lowest BCUT2D eigenvalue weighted by atomic mass is 10.0. The molecule has 2 rings (SSSR count). The molecule has 9 heteroatoms. The van der Waals surface area contributed by atoms with Gasteiger partial charge in [0.2, 0.25) is 11.6 Å². The van der Waals surface area contributed by atoms with E-state index in [0.29, 0.717) is 19.0 Å². The van der Waals surface area contributed by atoms with Gasteiger partial charge in [-0.25, -0.2) is 26.7 Å². The molecule has 0 spiro atoms. The van der Waals surface area contributed by atoms with Gasteiger partial charge in [0.25, 0.3) is 0 Å². The molecule has 0 aromatic heterocycles. The molecule has 1 aliphatic rings. The second kappa shape index (κ2) is 5.74. The van der Waals surface area contributed by atoms with Crippen LogP contribution in [0.25, 0.3) is 0 Å². The Morgan fingerprint density at radius 1 is 0.955 bits per heavy atom. The highest BCUT2D eigenvalue weighted by Crippen LogP contribution is 2.25. The maximum atomic E-state index is 13.5. The number of halogens is 5. The Balaban J connectivity index is 2.51. The molecular formula is C13H8F5NO3. The minimum absolute atomic E-state index is 0.0847. The SMILES string of the molecule is O=C(O)/C(=C\NC1CC1)C(=O)c1c(F)c(F)c(F)c(F)c1F. The summed E-state index contributed by atoms with van der Waals surface area (Å²) in [7, 11) is 0. The van der Waals surface area contributed by atoms with Gasteiger partial charge < -0.3 is 10.4 Å². The minimum Gasteiger partial charge on any atom is -0.477 e. The lowest BCUT2D eigenvalue weighted by Gasteiger charge is -2.08. The van der Waals surface area contributed by atoms with Crippen LogP contribution >= 0.6 is 0 Å². The molecule has 0 heterocycles. The highest BCUT2D eigenvalue weighted by molar-refractivity contribution is 6.23. The van der Waals surface area contributed by atoms with Gasteiger partial charge in [-0.2, -0.15) is 0 Å². The molecule has 0 aliphatic heterocycles. The molecule has 1 aromatic rings. The van der Waals surface area contributed by atoms with Gasteiger partial charge in [-0.05, 0) is 12.8 Å². The Morgan fingerprint density at radius 3 is 1.82 bits per heavy atom. The van der Waals surface area contributed by atoms with Gasteiger partial charge in [-0.3, -0.25) is 4.79 Å². The molecule has 1 saturated carbocycles. The standard InChI is InChI=1S/C13H8F5NO3/c14-7-6(8(15)10(17)11(18)9(7)16)12(20)5(13(21)22)3-19-4-1-2-4/h3-4,19H,1-2H2,(H,21,22)/b5-3-. The van der Waals surface area contributed by atoms with Crippen LogP contribution in [0.3, 0.4) is 0 Å². The molecule has 0 atom stereocenters. The Morgan fingerprint density at radius 2 is 1.41 bits per heavy atom. The predicted molar refractivity (Wildman–Crippen MR) is 62.4 cm³/mol. The molecule has 0 saturated heterocycles. The smallest absolute Gasteiger partial charge is 0.341 e. The number of hydrogen-bond donors (Lipinski definition) is 2. The minimum atomic E-state index is -2.43. The maximum Gasteiger partial charge on any atom is 0.341 e. The summed E-state index contributed by atoms with van der Waals surface area (Å²) in [5.41, 5.74) is -2.93. The van der Waals surface area contributed by atoms with Crippen molar-refractivity contribution in [1.29, 1.82) is 0 Å². The van der Waals surface area contributed by atoms with E-state index in [9.17, 15) is 31.5 Å². The number of carboxylic acid groups (broad SMARTS) is 1. The molecular weight excluding hydrogens is 313 g/mol. The Kier molecular flexibility index (Phi) is 4.16. The van der Waals surface area contributed by atoms with Crippen LogP contribution in [0.15, 0.2) is 11.8 Å². The fraction of sp³-hybridized carbons (Fsp3) is 0.231. The summed E-state index contributed by atoms with van der Waals surface area (Å²) in [6.45, 7) is 0. The van der Waals surface area contributed by atoms with Gasteiger partial charge in [0, 0.05) is 12.2 Å². The molecule has 22 heavy (non-hydrogen) atoms. The fourth-order valence-corrected chi connectivity index (χ4v) is 1.61. The zero-order chi connectivity index (χ0) is 16.6. The summed E-state index contributed by atoms with van der Waals surface area (Å²) in [6.07, 6.45) is 2.11. The van der Waals surface area contributed by atoms with Crippen molar-refractivity contribution < 1.29 is 36.6 Å². The number of carbonyl (C=O) groups excluding carboxylic acids is 1. The third-order valence-corrected chi connectivity index (χ3v) is 2.95. The van der Waals surface area contributed by atoms with Crippen LogP contribution in [0.4, 0.5) is 22.0 Å². The average molecular weight is 321 g/mol. The second-order valence-electron chi connectivity index (χ2n) is 4.58. The third kappa shape index (κ3) is 2.78. The molecule has 0 radical (unpaired) electrons. The first-order chi connectivity index (χ1) is 10.3. The number of carboxylic acids is 1. The van der Waals surface area contributed by atoms with E-state index < -0.39 is 52.0 Å². The molecule has 1 aromatic carbocycles. The van der Waals surface area contributed by atoms with Gasteiger partial charge >= 0.3 is 5.97 Å². The van der Waals surface area contributed by atoms with Crippen LogP contribution in [-0.2, 0) is 4.79 Å². The van der Waals surface area contributed by atoms with Crippen molar-refractivity contribution in [2.45, 2.75) is 18.9 Å². The summed E-state index contributed by atoms with van der Waals surface area (Å²) in [5, 5.41) is 11.4. The second-order valence-corrected chi connectivity index (χ2v) is 4.58. The quantitative estimate of drug-likeness (QED) is 0.166. The average Bonchev–Trinajstić information content (AvgIpc) is 3.27. The number of ketones is 1. The number of carbonyl (C=O) groups is 2. The number of nitrogens with one attached hydrogen (secondary N) is 1. The molecule has 118 valence electrons. The monoisotopic (exact) mass is 321 g/mol. The molecule has 2 N–H and O–H groups in total. The van der Waals surface area contributed by atoms with Gasteiger partial charge in [0.1, 0.15) is 11.1 Å². The van der Waals surface area contributed by atoms with Crippen LogP contribution in [0.2, 0.25) is 0 Å². The summed E-state index contributed by atoms with van der Waals surface area (Å²) >= 11 is 0. The van der Waals surface area contributed by atoms with Crippen molar-refractivity contribution in [3.05, 3.63) is 46.4 Å². The van der Waals surface area contributed by atoms with E-state index in [1.165, 1.54) is 0 Å². The molecule has 0 bridgehead atoms. The topological polar surface area (TPSA) is 66.4 Å². The van der Waals surface area contributed by atoms with E-state index in [2.05, 4.69) is 5.32 Å². The summed E-state index contributed by atoms with van der Waals surface area (Å²) in [4.78, 5) is 22.8. The lowest BCUT2D eigenvalue weighted by molar-refractivity contribution is -0.132. The number of hydrogen-bond acceptors (Lipinski definition) is 3. The van der Waals surface area contributed by atoms with Gasteiger partial charge in [-0.1, -0.05) is 0 Å². The van der Waals surface area contributed by atoms with E-state index in [0.717, 1.165) is 0 Å². The number of Topliss-reactive ketones (excluding diaryl/α,β-unsaturated/α-hetero) is 1. The molecule has 4 nitrogen and oxygen atoms in total. The third-order valence-electron chi connectivity index (χ3n) is 2.95. The van der Waals surface area contributed by atoms with E-state index in [4.69, 9.17) is 5.11 Å². The fourth-order valence-electron chi connectivity index (χ4n) is 1.61. The first-order valence-electron chi connectivity index (χ1n) is 6.01. The maximum absolute atomic E-state index is 13.5. The Bertz CT molecular complexity index is 668. The molecule has 1 fully saturated rings. The van der Waals surface area contributed by atoms with Crippen LogP contribution < -0.4 is 5.32 Å². The number of aliphatic carboxylic acids is 1. The number of benzene rings is 1. The van der Waals surface area contributed by atoms with Crippen molar-refractivity contribution in [2.24, 2.45) is 0 Å². The van der Waals surface area contributed by atoms with E-state index in [1.807, 2.05) is 0 Å². The van der Waals surface area contributed by atoms with Crippen LogP contribution in [-0.4, -0.2) is 22.9 Å². The summed E-state index contributed by atoms with van der Waals surface area (Å²) in [6, 6.07) is -0.0847.